The Morgan fingerprint density at radius 3 is 2.61 bits per heavy atom. The molecule has 0 heterocycles. The van der Waals surface area contributed by atoms with Crippen LogP contribution in [0.4, 0.5) is 4.39 Å². The third kappa shape index (κ3) is 3.82. The summed E-state index contributed by atoms with van der Waals surface area (Å²) in [5, 5.41) is 3.88. The second-order valence-electron chi connectivity index (χ2n) is 4.21. The first-order chi connectivity index (χ1) is 8.51. The molecule has 0 aliphatic carbocycles. The van der Waals surface area contributed by atoms with E-state index in [4.69, 9.17) is 27.9 Å². The van der Waals surface area contributed by atoms with Crippen molar-refractivity contribution in [2.75, 3.05) is 13.7 Å². The van der Waals surface area contributed by atoms with Gasteiger partial charge in [-0.25, -0.2) is 4.39 Å². The lowest BCUT2D eigenvalue weighted by atomic mass is 10.1. The van der Waals surface area contributed by atoms with Gasteiger partial charge in [-0.15, -0.1) is 0 Å². The maximum atomic E-state index is 13.4. The molecule has 0 aliphatic rings. The van der Waals surface area contributed by atoms with Gasteiger partial charge >= 0.3 is 0 Å². The van der Waals surface area contributed by atoms with E-state index in [-0.39, 0.29) is 17.1 Å². The third-order valence-corrected chi connectivity index (χ3v) is 3.57. The lowest BCUT2D eigenvalue weighted by Crippen LogP contribution is -2.34. The second kappa shape index (κ2) is 7.29. The highest BCUT2D eigenvalue weighted by atomic mass is 35.5. The summed E-state index contributed by atoms with van der Waals surface area (Å²) in [6.07, 6.45) is 0.905. The molecule has 1 rings (SSSR count). The number of ether oxygens (including phenoxy) is 1. The van der Waals surface area contributed by atoms with E-state index >= 15 is 0 Å². The summed E-state index contributed by atoms with van der Waals surface area (Å²) in [4.78, 5) is 0. The van der Waals surface area contributed by atoms with Crippen LogP contribution in [0, 0.1) is 5.82 Å². The number of methoxy groups -OCH3 is 1. The van der Waals surface area contributed by atoms with Gasteiger partial charge in [0.2, 0.25) is 0 Å². The molecule has 102 valence electrons. The Balaban J connectivity index is 2.89. The van der Waals surface area contributed by atoms with Crippen molar-refractivity contribution in [1.29, 1.82) is 0 Å². The molecule has 0 amide bonds. The van der Waals surface area contributed by atoms with E-state index in [1.165, 1.54) is 12.1 Å². The van der Waals surface area contributed by atoms with Crippen molar-refractivity contribution in [3.63, 3.8) is 0 Å². The molecule has 18 heavy (non-hydrogen) atoms. The Bertz CT molecular complexity index is 401. The topological polar surface area (TPSA) is 21.3 Å². The standard InChI is InChI=1S/C13H18Cl2FNO/c1-4-9(7-18-3)17-8(2)12-10(14)5-6-11(16)13(12)15/h5-6,8-9,17H,4,7H2,1-3H3. The highest BCUT2D eigenvalue weighted by molar-refractivity contribution is 6.36. The minimum absolute atomic E-state index is 0.0785. The Kier molecular flexibility index (Phi) is 6.36. The lowest BCUT2D eigenvalue weighted by molar-refractivity contribution is 0.159. The maximum Gasteiger partial charge on any atom is 0.142 e. The minimum atomic E-state index is -0.454. The maximum absolute atomic E-state index is 13.4. The number of halogens is 3. The van der Waals surface area contributed by atoms with Crippen LogP contribution in [-0.2, 0) is 4.74 Å². The Labute approximate surface area is 117 Å². The summed E-state index contributed by atoms with van der Waals surface area (Å²) < 4.78 is 18.6. The van der Waals surface area contributed by atoms with Crippen LogP contribution in [0.1, 0.15) is 31.9 Å². The first-order valence-corrected chi connectivity index (χ1v) is 6.65. The van der Waals surface area contributed by atoms with Crippen molar-refractivity contribution in [2.45, 2.75) is 32.4 Å². The minimum Gasteiger partial charge on any atom is -0.383 e. The largest absolute Gasteiger partial charge is 0.383 e. The number of nitrogens with one attached hydrogen (secondary N) is 1. The molecule has 1 N–H and O–H groups in total. The summed E-state index contributed by atoms with van der Waals surface area (Å²) in [5.41, 5.74) is 0.591. The molecule has 1 aromatic rings. The van der Waals surface area contributed by atoms with E-state index in [0.29, 0.717) is 17.2 Å². The first kappa shape index (κ1) is 15.7. The molecule has 2 atom stereocenters. The highest BCUT2D eigenvalue weighted by Crippen LogP contribution is 2.32. The van der Waals surface area contributed by atoms with E-state index in [2.05, 4.69) is 12.2 Å². The highest BCUT2D eigenvalue weighted by Gasteiger charge is 2.19. The normalized spacial score (nSPS) is 14.6. The van der Waals surface area contributed by atoms with Gasteiger partial charge in [0.1, 0.15) is 5.82 Å². The smallest absolute Gasteiger partial charge is 0.142 e. The Morgan fingerprint density at radius 1 is 1.39 bits per heavy atom. The zero-order valence-electron chi connectivity index (χ0n) is 10.8. The molecule has 0 saturated heterocycles. The lowest BCUT2D eigenvalue weighted by Gasteiger charge is -2.23. The summed E-state index contributed by atoms with van der Waals surface area (Å²) in [6, 6.07) is 2.84. The van der Waals surface area contributed by atoms with Crippen LogP contribution in [0.15, 0.2) is 12.1 Å². The summed E-state index contributed by atoms with van der Waals surface area (Å²) >= 11 is 12.0. The van der Waals surface area contributed by atoms with E-state index in [9.17, 15) is 4.39 Å². The zero-order chi connectivity index (χ0) is 13.7. The Hall–Kier alpha value is -0.350. The SMILES string of the molecule is CCC(COC)NC(C)c1c(Cl)ccc(F)c1Cl. The molecule has 0 spiro atoms. The van der Waals surface area contributed by atoms with E-state index in [1.54, 1.807) is 7.11 Å². The van der Waals surface area contributed by atoms with E-state index in [0.717, 1.165) is 6.42 Å². The van der Waals surface area contributed by atoms with E-state index in [1.807, 2.05) is 6.92 Å². The molecular formula is C13H18Cl2FNO. The van der Waals surface area contributed by atoms with Gasteiger partial charge < -0.3 is 10.1 Å². The summed E-state index contributed by atoms with van der Waals surface area (Å²) in [7, 11) is 1.65. The van der Waals surface area contributed by atoms with Gasteiger partial charge in [-0.05, 0) is 25.5 Å². The molecule has 2 nitrogen and oxygen atoms in total. The third-order valence-electron chi connectivity index (χ3n) is 2.86. The monoisotopic (exact) mass is 293 g/mol. The van der Waals surface area contributed by atoms with Gasteiger partial charge in [0.15, 0.2) is 0 Å². The van der Waals surface area contributed by atoms with Gasteiger partial charge in [-0.3, -0.25) is 0 Å². The molecule has 0 aromatic heterocycles. The second-order valence-corrected chi connectivity index (χ2v) is 4.99. The van der Waals surface area contributed by atoms with Crippen molar-refractivity contribution in [3.05, 3.63) is 33.6 Å². The number of hydrogen-bond acceptors (Lipinski definition) is 2. The van der Waals surface area contributed by atoms with Gasteiger partial charge in [-0.1, -0.05) is 30.1 Å². The number of hydrogen-bond donors (Lipinski definition) is 1. The zero-order valence-corrected chi connectivity index (χ0v) is 12.3. The first-order valence-electron chi connectivity index (χ1n) is 5.89. The van der Waals surface area contributed by atoms with Crippen LogP contribution in [0.5, 0.6) is 0 Å². The van der Waals surface area contributed by atoms with Crippen LogP contribution < -0.4 is 5.32 Å². The van der Waals surface area contributed by atoms with Crippen molar-refractivity contribution >= 4 is 23.2 Å². The molecule has 0 radical (unpaired) electrons. The van der Waals surface area contributed by atoms with Gasteiger partial charge in [0.05, 0.1) is 11.6 Å². The fourth-order valence-corrected chi connectivity index (χ4v) is 2.56. The molecule has 0 saturated carbocycles. The molecule has 1 aromatic carbocycles. The molecule has 5 heteroatoms. The number of rotatable bonds is 6. The van der Waals surface area contributed by atoms with Crippen molar-refractivity contribution in [2.24, 2.45) is 0 Å². The van der Waals surface area contributed by atoms with Crippen LogP contribution >= 0.6 is 23.2 Å². The average molecular weight is 294 g/mol. The molecule has 0 bridgehead atoms. The van der Waals surface area contributed by atoms with Crippen LogP contribution in [0.3, 0.4) is 0 Å². The van der Waals surface area contributed by atoms with Crippen LogP contribution in [0.2, 0.25) is 10.0 Å². The molecular weight excluding hydrogens is 276 g/mol. The molecule has 0 fully saturated rings. The van der Waals surface area contributed by atoms with Crippen molar-refractivity contribution in [3.8, 4) is 0 Å². The summed E-state index contributed by atoms with van der Waals surface area (Å²) in [6.45, 7) is 4.55. The van der Waals surface area contributed by atoms with E-state index < -0.39 is 5.82 Å². The van der Waals surface area contributed by atoms with Gasteiger partial charge in [0.25, 0.3) is 0 Å². The molecule has 2 unspecified atom stereocenters. The number of benzene rings is 1. The summed E-state index contributed by atoms with van der Waals surface area (Å²) in [5.74, 6) is -0.454. The van der Waals surface area contributed by atoms with Gasteiger partial charge in [-0.2, -0.15) is 0 Å². The average Bonchev–Trinajstić information content (AvgIpc) is 2.34. The fourth-order valence-electron chi connectivity index (χ4n) is 1.86. The van der Waals surface area contributed by atoms with Crippen molar-refractivity contribution < 1.29 is 9.13 Å². The van der Waals surface area contributed by atoms with Gasteiger partial charge in [0, 0.05) is 29.8 Å². The van der Waals surface area contributed by atoms with Crippen molar-refractivity contribution in [1.82, 2.24) is 5.32 Å². The quantitative estimate of drug-likeness (QED) is 0.794. The van der Waals surface area contributed by atoms with Crippen LogP contribution in [0.25, 0.3) is 0 Å². The predicted octanol–water partition coefficient (Wildman–Crippen LogP) is 4.21. The van der Waals surface area contributed by atoms with Crippen LogP contribution in [-0.4, -0.2) is 19.8 Å². The Morgan fingerprint density at radius 2 is 2.06 bits per heavy atom. The predicted molar refractivity (Wildman–Crippen MR) is 73.9 cm³/mol. The molecule has 0 aliphatic heterocycles. The fraction of sp³-hybridized carbons (Fsp3) is 0.538.